The number of rotatable bonds is 3. The summed E-state index contributed by atoms with van der Waals surface area (Å²) in [4.78, 5) is 11.3. The number of nitrogens with zero attached hydrogens (tertiary/aromatic N) is 5. The van der Waals surface area contributed by atoms with Crippen LogP contribution in [0.15, 0.2) is 36.4 Å². The highest BCUT2D eigenvalue weighted by atomic mass is 35.5. The van der Waals surface area contributed by atoms with Crippen molar-refractivity contribution in [1.82, 2.24) is 19.8 Å². The molecule has 4 rings (SSSR count). The summed E-state index contributed by atoms with van der Waals surface area (Å²) >= 11 is 13.5. The van der Waals surface area contributed by atoms with Crippen molar-refractivity contribution >= 4 is 45.2 Å². The molecule has 0 N–H and O–H groups in total. The highest BCUT2D eigenvalue weighted by Crippen LogP contribution is 2.35. The maximum atomic E-state index is 11.2. The first-order valence-electron chi connectivity index (χ1n) is 7.38. The average Bonchev–Trinajstić information content (AvgIpc) is 3.16. The van der Waals surface area contributed by atoms with Crippen LogP contribution in [-0.2, 0) is 0 Å². The normalized spacial score (nSPS) is 11.2. The Hall–Kier alpha value is -2.55. The summed E-state index contributed by atoms with van der Waals surface area (Å²) in [6, 6.07) is 9.99. The van der Waals surface area contributed by atoms with Crippen molar-refractivity contribution in [1.29, 1.82) is 0 Å². The molecule has 7 nitrogen and oxygen atoms in total. The molecule has 0 unspecified atom stereocenters. The van der Waals surface area contributed by atoms with E-state index in [4.69, 9.17) is 23.2 Å². The predicted octanol–water partition coefficient (Wildman–Crippen LogP) is 5.04. The smallest absolute Gasteiger partial charge is 0.258 e. The van der Waals surface area contributed by atoms with Crippen LogP contribution in [0.5, 0.6) is 0 Å². The van der Waals surface area contributed by atoms with Gasteiger partial charge in [-0.2, -0.15) is 9.61 Å². The Balaban J connectivity index is 1.87. The summed E-state index contributed by atoms with van der Waals surface area (Å²) in [7, 11) is 0. The molecular weight excluding hydrogens is 397 g/mol. The Morgan fingerprint density at radius 1 is 1.15 bits per heavy atom. The third-order valence-electron chi connectivity index (χ3n) is 3.90. The van der Waals surface area contributed by atoms with E-state index in [1.807, 2.05) is 0 Å². The molecule has 0 bridgehead atoms. The third-order valence-corrected chi connectivity index (χ3v) is 5.38. The first kappa shape index (κ1) is 16.9. The second kappa shape index (κ2) is 6.31. The standard InChI is InChI=1S/C16H9Cl2N5O2S/c1-8-10(3-2-4-13(8)23(24)25)15-21-22-14(19-20-16(22)26-15)11-6-5-9(17)7-12(11)18/h2-7H,1H3. The molecular formula is C16H9Cl2N5O2S. The van der Waals surface area contributed by atoms with Gasteiger partial charge in [0.15, 0.2) is 5.82 Å². The number of hydrogen-bond donors (Lipinski definition) is 0. The minimum atomic E-state index is -0.405. The number of hydrogen-bond acceptors (Lipinski definition) is 6. The van der Waals surface area contributed by atoms with Crippen molar-refractivity contribution < 1.29 is 4.92 Å². The van der Waals surface area contributed by atoms with Crippen LogP contribution in [0.25, 0.3) is 26.9 Å². The molecule has 2 aromatic carbocycles. The third kappa shape index (κ3) is 2.72. The molecule has 130 valence electrons. The number of nitro benzene ring substituents is 1. The van der Waals surface area contributed by atoms with Gasteiger partial charge in [-0.15, -0.1) is 10.2 Å². The molecule has 0 amide bonds. The van der Waals surface area contributed by atoms with Gasteiger partial charge in [0.05, 0.1) is 9.95 Å². The van der Waals surface area contributed by atoms with E-state index in [0.29, 0.717) is 42.5 Å². The summed E-state index contributed by atoms with van der Waals surface area (Å²) in [5.41, 5.74) is 1.93. The van der Waals surface area contributed by atoms with Gasteiger partial charge in [-0.3, -0.25) is 10.1 Å². The summed E-state index contributed by atoms with van der Waals surface area (Å²) in [5.74, 6) is 0.479. The van der Waals surface area contributed by atoms with Crippen LogP contribution in [-0.4, -0.2) is 24.7 Å². The minimum Gasteiger partial charge on any atom is -0.258 e. The van der Waals surface area contributed by atoms with E-state index in [0.717, 1.165) is 0 Å². The molecule has 0 aliphatic carbocycles. The molecule has 2 aromatic heterocycles. The molecule has 0 spiro atoms. The summed E-state index contributed by atoms with van der Waals surface area (Å²) in [6.07, 6.45) is 0. The molecule has 0 atom stereocenters. The zero-order valence-electron chi connectivity index (χ0n) is 13.2. The fourth-order valence-electron chi connectivity index (χ4n) is 2.62. The number of fused-ring (bicyclic) bond motifs is 1. The van der Waals surface area contributed by atoms with E-state index < -0.39 is 4.92 Å². The van der Waals surface area contributed by atoms with Gasteiger partial charge in [0.1, 0.15) is 5.01 Å². The minimum absolute atomic E-state index is 0.0504. The molecule has 0 saturated carbocycles. The van der Waals surface area contributed by atoms with Crippen LogP contribution in [0.3, 0.4) is 0 Å². The zero-order valence-corrected chi connectivity index (χ0v) is 15.5. The summed E-state index contributed by atoms with van der Waals surface area (Å²) in [6.45, 7) is 1.70. The van der Waals surface area contributed by atoms with Crippen molar-refractivity contribution in [2.75, 3.05) is 0 Å². The number of nitro groups is 1. The monoisotopic (exact) mass is 405 g/mol. The van der Waals surface area contributed by atoms with Gasteiger partial charge < -0.3 is 0 Å². The van der Waals surface area contributed by atoms with E-state index in [-0.39, 0.29) is 5.69 Å². The molecule has 0 aliphatic rings. The highest BCUT2D eigenvalue weighted by molar-refractivity contribution is 7.19. The van der Waals surface area contributed by atoms with Crippen LogP contribution in [0.2, 0.25) is 10.0 Å². The molecule has 4 aromatic rings. The van der Waals surface area contributed by atoms with Crippen molar-refractivity contribution in [3.8, 4) is 22.0 Å². The molecule has 10 heteroatoms. The van der Waals surface area contributed by atoms with Crippen molar-refractivity contribution in [2.24, 2.45) is 0 Å². The van der Waals surface area contributed by atoms with E-state index in [1.165, 1.54) is 17.4 Å². The first-order valence-corrected chi connectivity index (χ1v) is 8.95. The molecule has 2 heterocycles. The largest absolute Gasteiger partial charge is 0.273 e. The summed E-state index contributed by atoms with van der Waals surface area (Å²) in [5, 5.41) is 25.6. The van der Waals surface area contributed by atoms with Crippen LogP contribution < -0.4 is 0 Å². The number of halogens is 2. The molecule has 0 aliphatic heterocycles. The van der Waals surface area contributed by atoms with E-state index in [2.05, 4.69) is 15.3 Å². The van der Waals surface area contributed by atoms with Crippen LogP contribution in [0.4, 0.5) is 5.69 Å². The average molecular weight is 406 g/mol. The Bertz CT molecular complexity index is 1170. The fourth-order valence-corrected chi connectivity index (χ4v) is 4.03. The lowest BCUT2D eigenvalue weighted by molar-refractivity contribution is -0.385. The van der Waals surface area contributed by atoms with Gasteiger partial charge >= 0.3 is 0 Å². The van der Waals surface area contributed by atoms with Gasteiger partial charge in [0, 0.05) is 27.8 Å². The molecule has 26 heavy (non-hydrogen) atoms. The zero-order chi connectivity index (χ0) is 18.4. The predicted molar refractivity (Wildman–Crippen MR) is 101 cm³/mol. The van der Waals surface area contributed by atoms with E-state index >= 15 is 0 Å². The Kier molecular flexibility index (Phi) is 4.10. The van der Waals surface area contributed by atoms with Crippen LogP contribution in [0, 0.1) is 17.0 Å². The Morgan fingerprint density at radius 2 is 1.96 bits per heavy atom. The van der Waals surface area contributed by atoms with E-state index in [1.54, 1.807) is 41.8 Å². The Labute approximate surface area is 161 Å². The number of aromatic nitrogens is 4. The van der Waals surface area contributed by atoms with Gasteiger partial charge in [-0.25, -0.2) is 0 Å². The highest BCUT2D eigenvalue weighted by Gasteiger charge is 2.20. The van der Waals surface area contributed by atoms with E-state index in [9.17, 15) is 10.1 Å². The van der Waals surface area contributed by atoms with Gasteiger partial charge in [0.25, 0.3) is 5.69 Å². The fraction of sp³-hybridized carbons (Fsp3) is 0.0625. The first-order chi connectivity index (χ1) is 12.5. The lowest BCUT2D eigenvalue weighted by Gasteiger charge is -2.03. The lowest BCUT2D eigenvalue weighted by Crippen LogP contribution is -1.95. The maximum absolute atomic E-state index is 11.2. The van der Waals surface area contributed by atoms with Gasteiger partial charge in [0.2, 0.25) is 4.96 Å². The van der Waals surface area contributed by atoms with Gasteiger partial charge in [-0.05, 0) is 25.1 Å². The lowest BCUT2D eigenvalue weighted by atomic mass is 10.1. The molecule has 0 fully saturated rings. The summed E-state index contributed by atoms with van der Waals surface area (Å²) < 4.78 is 1.58. The quantitative estimate of drug-likeness (QED) is 0.351. The Morgan fingerprint density at radius 3 is 2.69 bits per heavy atom. The second-order valence-corrected chi connectivity index (χ2v) is 7.26. The number of benzene rings is 2. The molecule has 0 radical (unpaired) electrons. The second-order valence-electron chi connectivity index (χ2n) is 5.46. The van der Waals surface area contributed by atoms with Gasteiger partial charge in [-0.1, -0.05) is 46.7 Å². The topological polar surface area (TPSA) is 86.2 Å². The van der Waals surface area contributed by atoms with Crippen molar-refractivity contribution in [3.05, 3.63) is 62.1 Å². The SMILES string of the molecule is Cc1c(-c2nn3c(-c4ccc(Cl)cc4Cl)nnc3s2)cccc1[N+](=O)[O-]. The maximum Gasteiger partial charge on any atom is 0.273 e. The molecule has 0 saturated heterocycles. The van der Waals surface area contributed by atoms with Crippen LogP contribution in [0.1, 0.15) is 5.56 Å². The van der Waals surface area contributed by atoms with Crippen molar-refractivity contribution in [3.63, 3.8) is 0 Å². The van der Waals surface area contributed by atoms with Crippen molar-refractivity contribution in [2.45, 2.75) is 6.92 Å². The van der Waals surface area contributed by atoms with Crippen LogP contribution >= 0.6 is 34.5 Å².